The molecule has 1 amide bonds. The summed E-state index contributed by atoms with van der Waals surface area (Å²) in [6, 6.07) is 16.4. The van der Waals surface area contributed by atoms with Crippen molar-refractivity contribution in [2.75, 3.05) is 7.11 Å². The maximum atomic E-state index is 12.1. The molecule has 3 rings (SSSR count). The molecule has 0 aliphatic carbocycles. The van der Waals surface area contributed by atoms with E-state index in [2.05, 4.69) is 10.5 Å². The van der Waals surface area contributed by atoms with Gasteiger partial charge in [0.2, 0.25) is 5.75 Å². The van der Waals surface area contributed by atoms with Crippen LogP contribution in [0.5, 0.6) is 17.2 Å². The zero-order valence-corrected chi connectivity index (χ0v) is 17.4. The van der Waals surface area contributed by atoms with Crippen LogP contribution in [0.15, 0.2) is 65.8 Å². The number of carbonyl (C=O) groups excluding carboxylic acids is 1. The van der Waals surface area contributed by atoms with Gasteiger partial charge in [0.15, 0.2) is 5.75 Å². The van der Waals surface area contributed by atoms with Crippen molar-refractivity contribution in [1.29, 1.82) is 0 Å². The number of nitrogens with zero attached hydrogens (tertiary/aromatic N) is 2. The molecule has 32 heavy (non-hydrogen) atoms. The maximum absolute atomic E-state index is 12.1. The number of ether oxygens (including phenoxy) is 2. The molecule has 0 unspecified atom stereocenters. The normalized spacial score (nSPS) is 10.7. The van der Waals surface area contributed by atoms with E-state index in [1.54, 1.807) is 12.1 Å². The summed E-state index contributed by atoms with van der Waals surface area (Å²) in [5.74, 6) is -0.665. The topological polar surface area (TPSA) is 123 Å². The summed E-state index contributed by atoms with van der Waals surface area (Å²) in [7, 11) is 1.37. The van der Waals surface area contributed by atoms with Crippen LogP contribution in [0.2, 0.25) is 0 Å². The SMILES string of the molecule is COc1cc(/C=N\NC(=O)c2ccccc2O)cc([N+](=O)[O-])c1OCc1cccc(C)c1. The van der Waals surface area contributed by atoms with E-state index in [1.807, 2.05) is 31.2 Å². The quantitative estimate of drug-likeness (QED) is 0.314. The maximum Gasteiger partial charge on any atom is 0.315 e. The fourth-order valence-corrected chi connectivity index (χ4v) is 2.96. The average Bonchev–Trinajstić information content (AvgIpc) is 2.77. The van der Waals surface area contributed by atoms with Crippen LogP contribution < -0.4 is 14.9 Å². The minimum Gasteiger partial charge on any atom is -0.507 e. The highest BCUT2D eigenvalue weighted by molar-refractivity contribution is 5.97. The van der Waals surface area contributed by atoms with E-state index in [9.17, 15) is 20.0 Å². The lowest BCUT2D eigenvalue weighted by Gasteiger charge is -2.12. The van der Waals surface area contributed by atoms with Crippen LogP contribution in [-0.2, 0) is 6.61 Å². The Morgan fingerprint density at radius 2 is 1.97 bits per heavy atom. The van der Waals surface area contributed by atoms with Gasteiger partial charge in [-0.3, -0.25) is 14.9 Å². The molecule has 0 spiro atoms. The van der Waals surface area contributed by atoms with Crippen molar-refractivity contribution in [3.8, 4) is 17.2 Å². The number of hydrogen-bond acceptors (Lipinski definition) is 7. The average molecular weight is 435 g/mol. The molecule has 0 bridgehead atoms. The van der Waals surface area contributed by atoms with Crippen molar-refractivity contribution < 1.29 is 24.3 Å². The monoisotopic (exact) mass is 435 g/mol. The number of aryl methyl sites for hydroxylation is 1. The van der Waals surface area contributed by atoms with E-state index in [1.165, 1.54) is 37.6 Å². The number of nitro benzene ring substituents is 1. The Bertz CT molecular complexity index is 1180. The minimum atomic E-state index is -0.626. The highest BCUT2D eigenvalue weighted by atomic mass is 16.6. The molecule has 0 heterocycles. The summed E-state index contributed by atoms with van der Waals surface area (Å²) in [4.78, 5) is 23.2. The Balaban J connectivity index is 1.81. The van der Waals surface area contributed by atoms with Crippen molar-refractivity contribution in [2.24, 2.45) is 5.10 Å². The van der Waals surface area contributed by atoms with Crippen LogP contribution in [0.1, 0.15) is 27.0 Å². The molecule has 0 fully saturated rings. The van der Waals surface area contributed by atoms with E-state index in [-0.39, 0.29) is 35.1 Å². The number of carbonyl (C=O) groups is 1. The molecule has 0 aliphatic rings. The summed E-state index contributed by atoms with van der Waals surface area (Å²) in [5.41, 5.74) is 4.24. The first kappa shape index (κ1) is 22.3. The number of amides is 1. The van der Waals surface area contributed by atoms with E-state index < -0.39 is 10.8 Å². The minimum absolute atomic E-state index is 0.00519. The predicted molar refractivity (Wildman–Crippen MR) is 118 cm³/mol. The van der Waals surface area contributed by atoms with Crippen molar-refractivity contribution >= 4 is 17.8 Å². The highest BCUT2D eigenvalue weighted by Crippen LogP contribution is 2.38. The van der Waals surface area contributed by atoms with Gasteiger partial charge in [-0.15, -0.1) is 0 Å². The van der Waals surface area contributed by atoms with Crippen molar-refractivity contribution in [3.05, 3.63) is 93.0 Å². The molecular weight excluding hydrogens is 414 g/mol. The number of phenols is 1. The Kier molecular flexibility index (Phi) is 7.02. The number of rotatable bonds is 8. The zero-order valence-electron chi connectivity index (χ0n) is 17.4. The first-order valence-corrected chi connectivity index (χ1v) is 9.55. The number of nitrogens with one attached hydrogen (secondary N) is 1. The number of aromatic hydroxyl groups is 1. The molecule has 3 aromatic carbocycles. The second kappa shape index (κ2) is 10.1. The fraction of sp³-hybridized carbons (Fsp3) is 0.130. The molecule has 0 aliphatic heterocycles. The van der Waals surface area contributed by atoms with Crippen LogP contribution in [0, 0.1) is 17.0 Å². The summed E-state index contributed by atoms with van der Waals surface area (Å²) in [6.07, 6.45) is 1.23. The molecule has 0 saturated carbocycles. The molecule has 0 saturated heterocycles. The fourth-order valence-electron chi connectivity index (χ4n) is 2.96. The molecular formula is C23H21N3O6. The van der Waals surface area contributed by atoms with Gasteiger partial charge in [0.25, 0.3) is 5.91 Å². The molecule has 0 atom stereocenters. The van der Waals surface area contributed by atoms with Crippen LogP contribution in [0.3, 0.4) is 0 Å². The summed E-state index contributed by atoms with van der Waals surface area (Å²) in [6.45, 7) is 2.07. The van der Waals surface area contributed by atoms with Gasteiger partial charge in [-0.25, -0.2) is 5.43 Å². The molecule has 3 aromatic rings. The summed E-state index contributed by atoms with van der Waals surface area (Å²) >= 11 is 0. The molecule has 0 radical (unpaired) electrons. The lowest BCUT2D eigenvalue weighted by molar-refractivity contribution is -0.386. The van der Waals surface area contributed by atoms with Gasteiger partial charge in [-0.1, -0.05) is 42.0 Å². The number of hydrazone groups is 1. The third-order valence-corrected chi connectivity index (χ3v) is 4.47. The van der Waals surface area contributed by atoms with Crippen LogP contribution in [0.25, 0.3) is 0 Å². The van der Waals surface area contributed by atoms with E-state index in [0.717, 1.165) is 11.1 Å². The largest absolute Gasteiger partial charge is 0.507 e. The third-order valence-electron chi connectivity index (χ3n) is 4.47. The molecule has 0 aromatic heterocycles. The summed E-state index contributed by atoms with van der Waals surface area (Å²) < 4.78 is 11.0. The Labute approximate surface area is 184 Å². The number of hydrogen-bond donors (Lipinski definition) is 2. The molecule has 9 heteroatoms. The Morgan fingerprint density at radius 3 is 2.66 bits per heavy atom. The van der Waals surface area contributed by atoms with E-state index in [0.29, 0.717) is 5.56 Å². The molecule has 2 N–H and O–H groups in total. The Hall–Kier alpha value is -4.40. The van der Waals surface area contributed by atoms with Crippen molar-refractivity contribution in [2.45, 2.75) is 13.5 Å². The van der Waals surface area contributed by atoms with Crippen LogP contribution in [-0.4, -0.2) is 29.3 Å². The van der Waals surface area contributed by atoms with Gasteiger partial charge in [0.1, 0.15) is 12.4 Å². The van der Waals surface area contributed by atoms with Crippen LogP contribution in [0.4, 0.5) is 5.69 Å². The predicted octanol–water partition coefficient (Wildman–Crippen LogP) is 3.96. The number of para-hydroxylation sites is 1. The van der Waals surface area contributed by atoms with Gasteiger partial charge >= 0.3 is 5.69 Å². The van der Waals surface area contributed by atoms with Gasteiger partial charge < -0.3 is 14.6 Å². The zero-order chi connectivity index (χ0) is 23.1. The number of methoxy groups -OCH3 is 1. The van der Waals surface area contributed by atoms with Gasteiger partial charge in [-0.2, -0.15) is 5.10 Å². The standard InChI is InChI=1S/C23H21N3O6/c1-15-6-5-7-16(10-15)14-32-22-19(26(29)30)11-17(12-21(22)31-2)13-24-25-23(28)18-8-3-4-9-20(18)27/h3-13,27H,14H2,1-2H3,(H,25,28)/b24-13-. The molecule has 164 valence electrons. The second-order valence-electron chi connectivity index (χ2n) is 6.82. The Morgan fingerprint density at radius 1 is 1.19 bits per heavy atom. The number of nitro groups is 1. The van der Waals surface area contributed by atoms with Gasteiger partial charge in [0, 0.05) is 11.6 Å². The van der Waals surface area contributed by atoms with E-state index in [4.69, 9.17) is 9.47 Å². The van der Waals surface area contributed by atoms with Crippen molar-refractivity contribution in [1.82, 2.24) is 5.43 Å². The van der Waals surface area contributed by atoms with E-state index >= 15 is 0 Å². The summed E-state index contributed by atoms with van der Waals surface area (Å²) in [5, 5.41) is 25.2. The second-order valence-corrected chi connectivity index (χ2v) is 6.82. The third kappa shape index (κ3) is 5.39. The first-order chi connectivity index (χ1) is 15.4. The number of phenolic OH excluding ortho intramolecular Hbond substituents is 1. The number of benzene rings is 3. The van der Waals surface area contributed by atoms with Crippen LogP contribution >= 0.6 is 0 Å². The highest BCUT2D eigenvalue weighted by Gasteiger charge is 2.22. The molecule has 9 nitrogen and oxygen atoms in total. The van der Waals surface area contributed by atoms with Gasteiger partial charge in [0.05, 0.1) is 23.8 Å². The lowest BCUT2D eigenvalue weighted by atomic mass is 10.1. The van der Waals surface area contributed by atoms with Gasteiger partial charge in [-0.05, 0) is 30.7 Å². The first-order valence-electron chi connectivity index (χ1n) is 9.55. The van der Waals surface area contributed by atoms with Crippen molar-refractivity contribution in [3.63, 3.8) is 0 Å². The lowest BCUT2D eigenvalue weighted by Crippen LogP contribution is -2.17. The smallest absolute Gasteiger partial charge is 0.315 e.